The minimum atomic E-state index is -0.516. The van der Waals surface area contributed by atoms with Gasteiger partial charge in [-0.2, -0.15) is 0 Å². The van der Waals surface area contributed by atoms with Crippen molar-refractivity contribution in [3.8, 4) is 0 Å². The van der Waals surface area contributed by atoms with Gasteiger partial charge < -0.3 is 5.32 Å². The fourth-order valence-electron chi connectivity index (χ4n) is 1.72. The highest BCUT2D eigenvalue weighted by Gasteiger charge is 2.14. The number of hydrogen-bond acceptors (Lipinski definition) is 1. The quantitative estimate of drug-likeness (QED) is 0.807. The predicted molar refractivity (Wildman–Crippen MR) is 78.2 cm³/mol. The van der Waals surface area contributed by atoms with Crippen molar-refractivity contribution in [1.82, 2.24) is 0 Å². The molecule has 0 radical (unpaired) electrons. The molecule has 0 saturated heterocycles. The summed E-state index contributed by atoms with van der Waals surface area (Å²) in [7, 11) is 0. The minimum Gasteiger partial charge on any atom is -0.320 e. The van der Waals surface area contributed by atoms with E-state index < -0.39 is 17.5 Å². The van der Waals surface area contributed by atoms with Gasteiger partial charge in [0.15, 0.2) is 0 Å². The molecule has 2 aromatic carbocycles. The molecule has 0 aliphatic heterocycles. The van der Waals surface area contributed by atoms with Gasteiger partial charge in [0.1, 0.15) is 11.6 Å². The molecule has 6 heteroatoms. The van der Waals surface area contributed by atoms with E-state index in [-0.39, 0.29) is 10.7 Å². The number of carbonyl (C=O) groups excluding carboxylic acids is 1. The lowest BCUT2D eigenvalue weighted by Gasteiger charge is -2.11. The van der Waals surface area contributed by atoms with E-state index in [2.05, 4.69) is 21.2 Å². The lowest BCUT2D eigenvalue weighted by Crippen LogP contribution is -2.14. The van der Waals surface area contributed by atoms with Crippen LogP contribution in [0.1, 0.15) is 15.9 Å². The first-order valence-electron chi connectivity index (χ1n) is 5.60. The molecule has 20 heavy (non-hydrogen) atoms. The fourth-order valence-corrected chi connectivity index (χ4v) is 2.62. The third-order valence-electron chi connectivity index (χ3n) is 2.68. The van der Waals surface area contributed by atoms with Gasteiger partial charge >= 0.3 is 0 Å². The third kappa shape index (κ3) is 3.16. The van der Waals surface area contributed by atoms with Crippen LogP contribution in [0.2, 0.25) is 5.02 Å². The van der Waals surface area contributed by atoms with E-state index in [4.69, 9.17) is 11.6 Å². The molecule has 0 saturated carbocycles. The molecular formula is C14H9BrClF2NO. The Morgan fingerprint density at radius 1 is 1.20 bits per heavy atom. The molecule has 0 fully saturated rings. The summed E-state index contributed by atoms with van der Waals surface area (Å²) >= 11 is 9.02. The Kier molecular flexibility index (Phi) is 4.40. The molecule has 0 bridgehead atoms. The SMILES string of the molecule is Cc1cc(F)ccc1C(=O)Nc1c(Cl)cc(F)cc1Br. The van der Waals surface area contributed by atoms with Gasteiger partial charge in [0.25, 0.3) is 5.91 Å². The monoisotopic (exact) mass is 359 g/mol. The zero-order valence-corrected chi connectivity index (χ0v) is 12.6. The maximum absolute atomic E-state index is 13.1. The highest BCUT2D eigenvalue weighted by molar-refractivity contribution is 9.10. The molecule has 1 N–H and O–H groups in total. The average Bonchev–Trinajstić information content (AvgIpc) is 2.33. The Morgan fingerprint density at radius 3 is 2.50 bits per heavy atom. The van der Waals surface area contributed by atoms with E-state index in [0.29, 0.717) is 15.6 Å². The van der Waals surface area contributed by atoms with Crippen molar-refractivity contribution in [2.45, 2.75) is 6.92 Å². The van der Waals surface area contributed by atoms with Crippen LogP contribution < -0.4 is 5.32 Å². The van der Waals surface area contributed by atoms with E-state index in [1.165, 1.54) is 24.3 Å². The molecule has 0 aliphatic carbocycles. The molecule has 2 nitrogen and oxygen atoms in total. The molecular weight excluding hydrogens is 352 g/mol. The molecule has 0 aromatic heterocycles. The molecule has 0 aliphatic rings. The Bertz CT molecular complexity index is 668. The van der Waals surface area contributed by atoms with Gasteiger partial charge in [0, 0.05) is 10.0 Å². The molecule has 2 aromatic rings. The normalized spacial score (nSPS) is 10.4. The van der Waals surface area contributed by atoms with Crippen LogP contribution in [0.15, 0.2) is 34.8 Å². The van der Waals surface area contributed by atoms with Crippen LogP contribution in [0.5, 0.6) is 0 Å². The van der Waals surface area contributed by atoms with E-state index in [1.54, 1.807) is 6.92 Å². The standard InChI is InChI=1S/C14H9BrClF2NO/c1-7-4-8(17)2-3-10(7)14(20)19-13-11(15)5-9(18)6-12(13)16/h2-6H,1H3,(H,19,20). The van der Waals surface area contributed by atoms with Gasteiger partial charge in [-0.05, 0) is 58.7 Å². The molecule has 0 atom stereocenters. The zero-order valence-electron chi connectivity index (χ0n) is 10.3. The maximum atomic E-state index is 13.1. The van der Waals surface area contributed by atoms with E-state index in [1.807, 2.05) is 0 Å². The third-order valence-corrected chi connectivity index (χ3v) is 3.60. The number of benzene rings is 2. The van der Waals surface area contributed by atoms with Gasteiger partial charge in [0.2, 0.25) is 0 Å². The van der Waals surface area contributed by atoms with Crippen LogP contribution in [0.4, 0.5) is 14.5 Å². The zero-order chi connectivity index (χ0) is 14.9. The van der Waals surface area contributed by atoms with Crippen molar-refractivity contribution in [3.63, 3.8) is 0 Å². The Labute approximate surface area is 127 Å². The minimum absolute atomic E-state index is 0.0741. The van der Waals surface area contributed by atoms with Gasteiger partial charge in [-0.3, -0.25) is 4.79 Å². The summed E-state index contributed by atoms with van der Waals surface area (Å²) in [4.78, 5) is 12.1. The number of nitrogens with one attached hydrogen (secondary N) is 1. The summed E-state index contributed by atoms with van der Waals surface area (Å²) in [6.45, 7) is 1.62. The van der Waals surface area contributed by atoms with Crippen LogP contribution in [-0.4, -0.2) is 5.91 Å². The van der Waals surface area contributed by atoms with Crippen LogP contribution in [0, 0.1) is 18.6 Å². The van der Waals surface area contributed by atoms with Crippen molar-refractivity contribution in [2.75, 3.05) is 5.32 Å². The first kappa shape index (κ1) is 14.9. The fraction of sp³-hybridized carbons (Fsp3) is 0.0714. The summed E-state index contributed by atoms with van der Waals surface area (Å²) in [5.41, 5.74) is 1.08. The smallest absolute Gasteiger partial charge is 0.256 e. The Morgan fingerprint density at radius 2 is 1.90 bits per heavy atom. The highest BCUT2D eigenvalue weighted by atomic mass is 79.9. The van der Waals surface area contributed by atoms with E-state index >= 15 is 0 Å². The summed E-state index contributed by atoms with van der Waals surface area (Å²) in [6.07, 6.45) is 0. The molecule has 1 amide bonds. The number of amides is 1. The van der Waals surface area contributed by atoms with E-state index in [9.17, 15) is 13.6 Å². The Hall–Kier alpha value is -1.46. The largest absolute Gasteiger partial charge is 0.320 e. The van der Waals surface area contributed by atoms with Crippen molar-refractivity contribution in [3.05, 3.63) is 62.6 Å². The topological polar surface area (TPSA) is 29.1 Å². The van der Waals surface area contributed by atoms with Gasteiger partial charge in [-0.15, -0.1) is 0 Å². The lowest BCUT2D eigenvalue weighted by molar-refractivity contribution is 0.102. The van der Waals surface area contributed by atoms with Crippen LogP contribution in [0.25, 0.3) is 0 Å². The summed E-state index contributed by atoms with van der Waals surface area (Å²) in [5, 5.41) is 2.65. The van der Waals surface area contributed by atoms with E-state index in [0.717, 1.165) is 6.07 Å². The number of aryl methyl sites for hydroxylation is 1. The Balaban J connectivity index is 2.33. The predicted octanol–water partition coefficient (Wildman–Crippen LogP) is 4.94. The first-order chi connectivity index (χ1) is 9.38. The second-order valence-corrected chi connectivity index (χ2v) is 5.42. The molecule has 0 unspecified atom stereocenters. The summed E-state index contributed by atoms with van der Waals surface area (Å²) in [6, 6.07) is 6.13. The van der Waals surface area contributed by atoms with Gasteiger partial charge in [0.05, 0.1) is 10.7 Å². The number of rotatable bonds is 2. The van der Waals surface area contributed by atoms with Crippen LogP contribution in [-0.2, 0) is 0 Å². The van der Waals surface area contributed by atoms with Crippen LogP contribution >= 0.6 is 27.5 Å². The van der Waals surface area contributed by atoms with Crippen molar-refractivity contribution in [2.24, 2.45) is 0 Å². The lowest BCUT2D eigenvalue weighted by atomic mass is 10.1. The second-order valence-electron chi connectivity index (χ2n) is 4.16. The van der Waals surface area contributed by atoms with Crippen molar-refractivity contribution in [1.29, 1.82) is 0 Å². The van der Waals surface area contributed by atoms with Crippen molar-refractivity contribution >= 4 is 39.1 Å². The summed E-state index contributed by atoms with van der Waals surface area (Å²) < 4.78 is 26.4. The second kappa shape index (κ2) is 5.89. The average molecular weight is 361 g/mol. The maximum Gasteiger partial charge on any atom is 0.256 e. The van der Waals surface area contributed by atoms with Crippen molar-refractivity contribution < 1.29 is 13.6 Å². The van der Waals surface area contributed by atoms with Crippen LogP contribution in [0.3, 0.4) is 0 Å². The number of carbonyl (C=O) groups is 1. The molecule has 0 spiro atoms. The summed E-state index contributed by atoms with van der Waals surface area (Å²) in [5.74, 6) is -1.38. The number of halogens is 4. The molecule has 104 valence electrons. The molecule has 0 heterocycles. The molecule has 2 rings (SSSR count). The highest BCUT2D eigenvalue weighted by Crippen LogP contribution is 2.32. The first-order valence-corrected chi connectivity index (χ1v) is 6.77. The number of anilines is 1. The van der Waals surface area contributed by atoms with Gasteiger partial charge in [-0.1, -0.05) is 11.6 Å². The van der Waals surface area contributed by atoms with Gasteiger partial charge in [-0.25, -0.2) is 8.78 Å². The number of hydrogen-bond donors (Lipinski definition) is 1.